The predicted octanol–water partition coefficient (Wildman–Crippen LogP) is 1.25. The number of esters is 1. The minimum absolute atomic E-state index is 0.00535. The highest BCUT2D eigenvalue weighted by molar-refractivity contribution is 5.88. The van der Waals surface area contributed by atoms with Crippen LogP contribution in [-0.2, 0) is 20.9 Å². The van der Waals surface area contributed by atoms with Gasteiger partial charge in [-0.15, -0.1) is 0 Å². The average molecular weight is 233 g/mol. The summed E-state index contributed by atoms with van der Waals surface area (Å²) < 4.78 is 5.18. The molecule has 90 valence electrons. The molecule has 1 N–H and O–H groups in total. The third-order valence-electron chi connectivity index (χ3n) is 2.87. The highest BCUT2D eigenvalue weighted by atomic mass is 16.5. The molecule has 17 heavy (non-hydrogen) atoms. The van der Waals surface area contributed by atoms with Crippen molar-refractivity contribution in [2.24, 2.45) is 5.92 Å². The summed E-state index contributed by atoms with van der Waals surface area (Å²) >= 11 is 0. The molecule has 1 saturated heterocycles. The molecule has 1 aliphatic rings. The SMILES string of the molecule is C[C@H]1CC(=O)N[C@@H]1C(=O)OCc1ccccc1. The number of hydrogen-bond acceptors (Lipinski definition) is 3. The van der Waals surface area contributed by atoms with Gasteiger partial charge in [-0.1, -0.05) is 37.3 Å². The van der Waals surface area contributed by atoms with Crippen LogP contribution < -0.4 is 5.32 Å². The van der Waals surface area contributed by atoms with Crippen molar-refractivity contribution >= 4 is 11.9 Å². The van der Waals surface area contributed by atoms with Crippen molar-refractivity contribution in [3.63, 3.8) is 0 Å². The molecule has 0 radical (unpaired) electrons. The van der Waals surface area contributed by atoms with Crippen LogP contribution in [-0.4, -0.2) is 17.9 Å². The van der Waals surface area contributed by atoms with E-state index in [0.717, 1.165) is 5.56 Å². The van der Waals surface area contributed by atoms with Crippen LogP contribution >= 0.6 is 0 Å². The van der Waals surface area contributed by atoms with Crippen LogP contribution in [0.15, 0.2) is 30.3 Å². The summed E-state index contributed by atoms with van der Waals surface area (Å²) in [6, 6.07) is 8.98. The molecule has 2 rings (SSSR count). The Labute approximate surface area is 100.0 Å². The number of amides is 1. The van der Waals surface area contributed by atoms with Crippen molar-refractivity contribution in [1.82, 2.24) is 5.32 Å². The van der Waals surface area contributed by atoms with E-state index in [-0.39, 0.29) is 24.4 Å². The molecule has 4 heteroatoms. The highest BCUT2D eigenvalue weighted by Crippen LogP contribution is 2.17. The van der Waals surface area contributed by atoms with Crippen molar-refractivity contribution in [3.8, 4) is 0 Å². The van der Waals surface area contributed by atoms with Crippen molar-refractivity contribution in [1.29, 1.82) is 0 Å². The topological polar surface area (TPSA) is 55.4 Å². The van der Waals surface area contributed by atoms with Gasteiger partial charge in [-0.05, 0) is 11.5 Å². The second-order valence-electron chi connectivity index (χ2n) is 4.32. The maximum Gasteiger partial charge on any atom is 0.329 e. The molecule has 0 aliphatic carbocycles. The Bertz CT molecular complexity index is 416. The highest BCUT2D eigenvalue weighted by Gasteiger charge is 2.35. The Hall–Kier alpha value is -1.84. The fourth-order valence-electron chi connectivity index (χ4n) is 1.89. The summed E-state index contributed by atoms with van der Waals surface area (Å²) in [4.78, 5) is 22.9. The number of carbonyl (C=O) groups excluding carboxylic acids is 2. The van der Waals surface area contributed by atoms with Crippen molar-refractivity contribution < 1.29 is 14.3 Å². The lowest BCUT2D eigenvalue weighted by Gasteiger charge is -2.13. The number of benzene rings is 1. The number of hydrogen-bond donors (Lipinski definition) is 1. The fourth-order valence-corrected chi connectivity index (χ4v) is 1.89. The molecule has 1 aromatic carbocycles. The second kappa shape index (κ2) is 4.99. The Morgan fingerprint density at radius 3 is 2.71 bits per heavy atom. The minimum atomic E-state index is -0.494. The van der Waals surface area contributed by atoms with E-state index in [4.69, 9.17) is 4.74 Å². The molecule has 4 nitrogen and oxygen atoms in total. The molecular weight excluding hydrogens is 218 g/mol. The lowest BCUT2D eigenvalue weighted by atomic mass is 10.0. The summed E-state index contributed by atoms with van der Waals surface area (Å²) in [5.41, 5.74) is 0.942. The number of rotatable bonds is 3. The Balaban J connectivity index is 1.88. The molecule has 1 aromatic rings. The Morgan fingerprint density at radius 1 is 1.41 bits per heavy atom. The summed E-state index contributed by atoms with van der Waals surface area (Å²) in [6.07, 6.45) is 0.394. The number of carbonyl (C=O) groups is 2. The number of nitrogens with one attached hydrogen (secondary N) is 1. The first-order valence-corrected chi connectivity index (χ1v) is 5.67. The van der Waals surface area contributed by atoms with Crippen LogP contribution in [0, 0.1) is 5.92 Å². The molecule has 0 unspecified atom stereocenters. The molecule has 0 bridgehead atoms. The van der Waals surface area contributed by atoms with Crippen LogP contribution in [0.2, 0.25) is 0 Å². The van der Waals surface area contributed by atoms with E-state index in [1.165, 1.54) is 0 Å². The van der Waals surface area contributed by atoms with Gasteiger partial charge in [-0.3, -0.25) is 4.79 Å². The first kappa shape index (κ1) is 11.6. The summed E-state index contributed by atoms with van der Waals surface area (Å²) in [5.74, 6) is -0.433. The van der Waals surface area contributed by atoms with Gasteiger partial charge in [0.25, 0.3) is 0 Å². The quantitative estimate of drug-likeness (QED) is 0.799. The average Bonchev–Trinajstić information content (AvgIpc) is 2.67. The van der Waals surface area contributed by atoms with E-state index in [0.29, 0.717) is 6.42 Å². The van der Waals surface area contributed by atoms with Crippen molar-refractivity contribution in [2.75, 3.05) is 0 Å². The number of ether oxygens (including phenoxy) is 1. The summed E-state index contributed by atoms with van der Waals surface area (Å²) in [6.45, 7) is 2.12. The fraction of sp³-hybridized carbons (Fsp3) is 0.385. The van der Waals surface area contributed by atoms with Gasteiger partial charge in [0.05, 0.1) is 0 Å². The lowest BCUT2D eigenvalue weighted by molar-refractivity contribution is -0.148. The Morgan fingerprint density at radius 2 is 2.12 bits per heavy atom. The van der Waals surface area contributed by atoms with Crippen LogP contribution in [0.1, 0.15) is 18.9 Å². The molecule has 1 amide bonds. The van der Waals surface area contributed by atoms with E-state index >= 15 is 0 Å². The third kappa shape index (κ3) is 2.84. The van der Waals surface area contributed by atoms with Gasteiger partial charge >= 0.3 is 5.97 Å². The van der Waals surface area contributed by atoms with Crippen LogP contribution in [0.25, 0.3) is 0 Å². The molecule has 1 fully saturated rings. The van der Waals surface area contributed by atoms with Gasteiger partial charge in [0, 0.05) is 6.42 Å². The lowest BCUT2D eigenvalue weighted by Crippen LogP contribution is -2.37. The minimum Gasteiger partial charge on any atom is -0.459 e. The monoisotopic (exact) mass is 233 g/mol. The van der Waals surface area contributed by atoms with Crippen LogP contribution in [0.4, 0.5) is 0 Å². The summed E-state index contributed by atoms with van der Waals surface area (Å²) in [7, 11) is 0. The molecule has 0 aromatic heterocycles. The zero-order valence-corrected chi connectivity index (χ0v) is 9.68. The van der Waals surface area contributed by atoms with Crippen molar-refractivity contribution in [2.45, 2.75) is 26.0 Å². The van der Waals surface area contributed by atoms with E-state index in [2.05, 4.69) is 5.32 Å². The molecule has 0 spiro atoms. The smallest absolute Gasteiger partial charge is 0.329 e. The van der Waals surface area contributed by atoms with Crippen LogP contribution in [0.3, 0.4) is 0 Å². The van der Waals surface area contributed by atoms with Gasteiger partial charge in [0.15, 0.2) is 0 Å². The predicted molar refractivity (Wildman–Crippen MR) is 61.9 cm³/mol. The Kier molecular flexibility index (Phi) is 3.42. The van der Waals surface area contributed by atoms with Gasteiger partial charge < -0.3 is 10.1 Å². The van der Waals surface area contributed by atoms with E-state index < -0.39 is 6.04 Å². The normalized spacial score (nSPS) is 23.2. The molecule has 0 saturated carbocycles. The third-order valence-corrected chi connectivity index (χ3v) is 2.87. The van der Waals surface area contributed by atoms with Gasteiger partial charge in [-0.2, -0.15) is 0 Å². The van der Waals surface area contributed by atoms with Crippen molar-refractivity contribution in [3.05, 3.63) is 35.9 Å². The first-order valence-electron chi connectivity index (χ1n) is 5.67. The largest absolute Gasteiger partial charge is 0.459 e. The molecular formula is C13H15NO3. The zero-order valence-electron chi connectivity index (χ0n) is 9.68. The first-order chi connectivity index (χ1) is 8.16. The van der Waals surface area contributed by atoms with Gasteiger partial charge in [0.1, 0.15) is 12.6 Å². The molecule has 1 aliphatic heterocycles. The maximum atomic E-state index is 11.7. The standard InChI is InChI=1S/C13H15NO3/c1-9-7-11(15)14-12(9)13(16)17-8-10-5-3-2-4-6-10/h2-6,9,12H,7-8H2,1H3,(H,14,15)/t9-,12-/m0/s1. The van der Waals surface area contributed by atoms with E-state index in [9.17, 15) is 9.59 Å². The maximum absolute atomic E-state index is 11.7. The summed E-state index contributed by atoms with van der Waals surface area (Å²) in [5, 5.41) is 2.63. The van der Waals surface area contributed by atoms with E-state index in [1.54, 1.807) is 0 Å². The molecule has 1 heterocycles. The van der Waals surface area contributed by atoms with Gasteiger partial charge in [-0.25, -0.2) is 4.79 Å². The zero-order chi connectivity index (χ0) is 12.3. The van der Waals surface area contributed by atoms with E-state index in [1.807, 2.05) is 37.3 Å². The molecule has 2 atom stereocenters. The van der Waals surface area contributed by atoms with Gasteiger partial charge in [0.2, 0.25) is 5.91 Å². The van der Waals surface area contributed by atoms with Crippen LogP contribution in [0.5, 0.6) is 0 Å². The second-order valence-corrected chi connectivity index (χ2v) is 4.32.